The van der Waals surface area contributed by atoms with Gasteiger partial charge in [-0.3, -0.25) is 8.37 Å². The number of hydrogen-bond acceptors (Lipinski definition) is 6. The maximum atomic E-state index is 11.5. The molecule has 168 valence electrons. The van der Waals surface area contributed by atoms with Gasteiger partial charge in [0, 0.05) is 18.5 Å². The van der Waals surface area contributed by atoms with Gasteiger partial charge < -0.3 is 19.5 Å². The molecule has 0 radical (unpaired) electrons. The smallest absolute Gasteiger partial charge is 0.407 e. The highest BCUT2D eigenvalue weighted by Crippen LogP contribution is 2.33. The van der Waals surface area contributed by atoms with Gasteiger partial charge in [0.2, 0.25) is 0 Å². The molecule has 0 saturated carbocycles. The topological polar surface area (TPSA) is 94.5 Å². The molecule has 2 aliphatic heterocycles. The van der Waals surface area contributed by atoms with Crippen molar-refractivity contribution in [2.45, 2.75) is 51.7 Å². The average Bonchev–Trinajstić information content (AvgIpc) is 2.71. The Morgan fingerprint density at radius 1 is 1.20 bits per heavy atom. The van der Waals surface area contributed by atoms with Crippen LogP contribution in [0.15, 0.2) is 24.3 Å². The Labute approximate surface area is 180 Å². The minimum absolute atomic E-state index is 0.0349. The molecule has 2 atom stereocenters. The van der Waals surface area contributed by atoms with E-state index in [1.54, 1.807) is 0 Å². The minimum Gasteiger partial charge on any atom is -0.491 e. The Balaban J connectivity index is 1.41. The summed E-state index contributed by atoms with van der Waals surface area (Å²) in [7, 11) is 0. The van der Waals surface area contributed by atoms with E-state index in [-0.39, 0.29) is 23.5 Å². The fraction of sp³-hybridized carbons (Fsp3) is 0.667. The van der Waals surface area contributed by atoms with Crippen LogP contribution in [0.3, 0.4) is 0 Å². The van der Waals surface area contributed by atoms with Crippen molar-refractivity contribution < 1.29 is 31.9 Å². The predicted octanol–water partition coefficient (Wildman–Crippen LogP) is 3.35. The Morgan fingerprint density at radius 3 is 2.47 bits per heavy atom. The van der Waals surface area contributed by atoms with Crippen LogP contribution in [0.5, 0.6) is 5.75 Å². The van der Waals surface area contributed by atoms with Gasteiger partial charge in [0.1, 0.15) is 12.4 Å². The van der Waals surface area contributed by atoms with Crippen LogP contribution in [0.2, 0.25) is 0 Å². The fourth-order valence-electron chi connectivity index (χ4n) is 3.89. The Kier molecular flexibility index (Phi) is 7.73. The standard InChI is InChI=1S/C21H31NO7S/c1-21(2,3)19-12-18(8-9-22(19)20(23)24)27-11-10-26-17-6-4-15(5-7-17)16-13-28-30(25)29-14-16/h4-7,16,18-19H,8-14H2,1-3H3,(H,23,24)/t16?,18-,19-,30?/m0/s1. The molecule has 2 aliphatic rings. The molecular formula is C21H31NO7S. The van der Waals surface area contributed by atoms with Crippen molar-refractivity contribution in [3.05, 3.63) is 29.8 Å². The third-order valence-corrected chi connectivity index (χ3v) is 6.24. The van der Waals surface area contributed by atoms with E-state index in [0.717, 1.165) is 11.3 Å². The number of rotatable bonds is 6. The molecule has 1 aromatic rings. The molecule has 9 heteroatoms. The summed E-state index contributed by atoms with van der Waals surface area (Å²) in [5.41, 5.74) is 0.913. The summed E-state index contributed by atoms with van der Waals surface area (Å²) in [6.45, 7) is 8.30. The maximum Gasteiger partial charge on any atom is 0.407 e. The van der Waals surface area contributed by atoms with Gasteiger partial charge in [-0.15, -0.1) is 0 Å². The lowest BCUT2D eigenvalue weighted by atomic mass is 9.80. The van der Waals surface area contributed by atoms with Crippen molar-refractivity contribution in [2.24, 2.45) is 5.41 Å². The molecule has 2 saturated heterocycles. The van der Waals surface area contributed by atoms with Crippen molar-refractivity contribution in [3.8, 4) is 5.75 Å². The maximum absolute atomic E-state index is 11.5. The van der Waals surface area contributed by atoms with Gasteiger partial charge in [0.05, 0.1) is 25.9 Å². The van der Waals surface area contributed by atoms with Gasteiger partial charge in [-0.05, 0) is 36.0 Å². The molecule has 0 spiro atoms. The number of carbonyl (C=O) groups is 1. The van der Waals surface area contributed by atoms with Crippen LogP contribution >= 0.6 is 0 Å². The third kappa shape index (κ3) is 6.16. The van der Waals surface area contributed by atoms with Gasteiger partial charge in [0.25, 0.3) is 0 Å². The zero-order valence-electron chi connectivity index (χ0n) is 17.7. The van der Waals surface area contributed by atoms with Crippen molar-refractivity contribution >= 4 is 17.5 Å². The average molecular weight is 442 g/mol. The van der Waals surface area contributed by atoms with E-state index >= 15 is 0 Å². The molecule has 1 N–H and O–H groups in total. The van der Waals surface area contributed by atoms with Crippen LogP contribution in [-0.2, 0) is 24.5 Å². The second-order valence-electron chi connectivity index (χ2n) is 8.76. The normalized spacial score (nSPS) is 27.6. The van der Waals surface area contributed by atoms with E-state index < -0.39 is 17.5 Å². The third-order valence-electron chi connectivity index (χ3n) is 5.59. The molecule has 2 heterocycles. The quantitative estimate of drug-likeness (QED) is 0.677. The highest BCUT2D eigenvalue weighted by molar-refractivity contribution is 7.75. The summed E-state index contributed by atoms with van der Waals surface area (Å²) >= 11 is -1.63. The molecule has 0 unspecified atom stereocenters. The number of ether oxygens (including phenoxy) is 2. The van der Waals surface area contributed by atoms with E-state index in [9.17, 15) is 14.1 Å². The monoisotopic (exact) mass is 441 g/mol. The first-order valence-corrected chi connectivity index (χ1v) is 11.3. The summed E-state index contributed by atoms with van der Waals surface area (Å²) in [6.07, 6.45) is 0.567. The summed E-state index contributed by atoms with van der Waals surface area (Å²) in [6, 6.07) is 7.63. The minimum atomic E-state index is -1.63. The molecule has 8 nitrogen and oxygen atoms in total. The number of piperidine rings is 1. The number of nitrogens with zero attached hydrogens (tertiary/aromatic N) is 1. The van der Waals surface area contributed by atoms with Crippen LogP contribution in [0.25, 0.3) is 0 Å². The SMILES string of the molecule is CC(C)(C)[C@@H]1C[C@@H](OCCOc2ccc(C3COS(=O)OC3)cc2)CCN1C(=O)O. The van der Waals surface area contributed by atoms with E-state index in [1.165, 1.54) is 4.90 Å². The van der Waals surface area contributed by atoms with Gasteiger partial charge in [-0.25, -0.2) is 4.79 Å². The fourth-order valence-corrected chi connectivity index (χ4v) is 4.51. The second-order valence-corrected chi connectivity index (χ2v) is 9.64. The molecule has 0 aromatic heterocycles. The molecule has 0 bridgehead atoms. The largest absolute Gasteiger partial charge is 0.491 e. The zero-order valence-corrected chi connectivity index (χ0v) is 18.6. The molecule has 30 heavy (non-hydrogen) atoms. The van der Waals surface area contributed by atoms with Gasteiger partial charge in [-0.1, -0.05) is 32.9 Å². The van der Waals surface area contributed by atoms with Crippen molar-refractivity contribution in [2.75, 3.05) is 33.0 Å². The Bertz CT molecular complexity index is 724. The number of hydrogen-bond donors (Lipinski definition) is 1. The number of carboxylic acid groups (broad SMARTS) is 1. The summed E-state index contributed by atoms with van der Waals surface area (Å²) in [5.74, 6) is 0.810. The van der Waals surface area contributed by atoms with Crippen LogP contribution in [-0.4, -0.2) is 65.4 Å². The van der Waals surface area contributed by atoms with Gasteiger partial charge in [0.15, 0.2) is 0 Å². The van der Waals surface area contributed by atoms with Gasteiger partial charge >= 0.3 is 17.5 Å². The number of likely N-dealkylation sites (tertiary alicyclic amines) is 1. The van der Waals surface area contributed by atoms with E-state index in [1.807, 2.05) is 24.3 Å². The lowest BCUT2D eigenvalue weighted by molar-refractivity contribution is -0.0410. The molecule has 0 aliphatic carbocycles. The summed E-state index contributed by atoms with van der Waals surface area (Å²) in [5, 5.41) is 9.45. The molecule has 3 rings (SSSR count). The molecule has 2 fully saturated rings. The lowest BCUT2D eigenvalue weighted by Crippen LogP contribution is -2.53. The van der Waals surface area contributed by atoms with Crippen LogP contribution in [0, 0.1) is 5.41 Å². The lowest BCUT2D eigenvalue weighted by Gasteiger charge is -2.44. The Hall–Kier alpha value is -1.68. The Morgan fingerprint density at radius 2 is 1.87 bits per heavy atom. The predicted molar refractivity (Wildman–Crippen MR) is 112 cm³/mol. The number of benzene rings is 1. The summed E-state index contributed by atoms with van der Waals surface area (Å²) in [4.78, 5) is 13.1. The molecular weight excluding hydrogens is 410 g/mol. The molecule has 1 amide bonds. The van der Waals surface area contributed by atoms with Crippen molar-refractivity contribution in [3.63, 3.8) is 0 Å². The summed E-state index contributed by atoms with van der Waals surface area (Å²) < 4.78 is 32.9. The number of amides is 1. The van der Waals surface area contributed by atoms with Crippen molar-refractivity contribution in [1.29, 1.82) is 0 Å². The van der Waals surface area contributed by atoms with E-state index in [4.69, 9.17) is 17.8 Å². The highest BCUT2D eigenvalue weighted by atomic mass is 32.2. The van der Waals surface area contributed by atoms with E-state index in [0.29, 0.717) is 45.8 Å². The highest BCUT2D eigenvalue weighted by Gasteiger charge is 2.38. The molecule has 1 aromatic carbocycles. The van der Waals surface area contributed by atoms with Gasteiger partial charge in [-0.2, -0.15) is 4.21 Å². The van der Waals surface area contributed by atoms with Crippen LogP contribution in [0.1, 0.15) is 45.1 Å². The van der Waals surface area contributed by atoms with E-state index in [2.05, 4.69) is 20.8 Å². The van der Waals surface area contributed by atoms with Crippen molar-refractivity contribution in [1.82, 2.24) is 4.90 Å². The second kappa shape index (κ2) is 10.1. The first-order chi connectivity index (χ1) is 14.2. The first-order valence-electron chi connectivity index (χ1n) is 10.3. The van der Waals surface area contributed by atoms with Crippen LogP contribution in [0.4, 0.5) is 4.79 Å². The first kappa shape index (κ1) is 23.0. The van der Waals surface area contributed by atoms with Crippen LogP contribution < -0.4 is 4.74 Å². The zero-order chi connectivity index (χ0) is 21.7.